The van der Waals surface area contributed by atoms with Gasteiger partial charge in [0, 0.05) is 0 Å². The minimum Gasteiger partial charge on any atom is -0.317 e. The summed E-state index contributed by atoms with van der Waals surface area (Å²) in [6, 6.07) is 0. The summed E-state index contributed by atoms with van der Waals surface area (Å²) in [5, 5.41) is 4.76. The molecule has 0 amide bonds. The number of hydrogen-bond acceptors (Lipinski definition) is 2. The summed E-state index contributed by atoms with van der Waals surface area (Å²) >= 11 is 3.55. The fourth-order valence-corrected chi connectivity index (χ4v) is 0.966. The average Bonchev–Trinajstić information content (AvgIpc) is 2.11. The highest BCUT2D eigenvalue weighted by molar-refractivity contribution is 7.83. The molecule has 0 aliphatic carbocycles. The zero-order valence-electron chi connectivity index (χ0n) is 8.64. The van der Waals surface area contributed by atoms with Crippen molar-refractivity contribution in [3.8, 4) is 0 Å². The van der Waals surface area contributed by atoms with E-state index in [1.165, 1.54) is 31.3 Å². The number of rotatable bonds is 0. The fraction of sp³-hybridized carbons (Fsp3) is 0.800. The molecule has 1 aliphatic rings. The Morgan fingerprint density at radius 1 is 1.33 bits per heavy atom. The van der Waals surface area contributed by atoms with Crippen molar-refractivity contribution in [2.75, 3.05) is 13.1 Å². The van der Waals surface area contributed by atoms with Gasteiger partial charge in [-0.3, -0.25) is 0 Å². The van der Waals surface area contributed by atoms with Crippen LogP contribution in [0.3, 0.4) is 0 Å². The molecule has 0 atom stereocenters. The van der Waals surface area contributed by atoms with Crippen LogP contribution in [0.4, 0.5) is 0 Å². The lowest BCUT2D eigenvalue weighted by molar-refractivity contribution is 0.402. The summed E-state index contributed by atoms with van der Waals surface area (Å²) in [7, 11) is 0. The van der Waals surface area contributed by atoms with Crippen molar-refractivity contribution in [1.82, 2.24) is 5.32 Å². The van der Waals surface area contributed by atoms with Crippen molar-refractivity contribution in [3.05, 3.63) is 12.0 Å². The van der Waals surface area contributed by atoms with Gasteiger partial charge in [-0.15, -0.1) is 0 Å². The van der Waals surface area contributed by atoms with Gasteiger partial charge in [0.15, 0.2) is 0 Å². The lowest BCUT2D eigenvalue weighted by Crippen LogP contribution is -2.26. The van der Waals surface area contributed by atoms with Crippen LogP contribution in [-0.2, 0) is 0 Å². The molecular formula is C10H23NS. The third-order valence-electron chi connectivity index (χ3n) is 1.63. The highest BCUT2D eigenvalue weighted by Crippen LogP contribution is 2.08. The normalized spacial score (nSPS) is 16.3. The predicted octanol–water partition coefficient (Wildman–Crippen LogP) is 3.09. The maximum Gasteiger partial charge on any atom is -0.00464 e. The maximum absolute atomic E-state index is 3.55. The Labute approximate surface area is 83.0 Å². The van der Waals surface area contributed by atoms with Crippen LogP contribution in [0.2, 0.25) is 0 Å². The molecular weight excluding hydrogens is 166 g/mol. The molecule has 1 heterocycles. The zero-order valence-corrected chi connectivity index (χ0v) is 9.53. The molecule has 1 nitrogen and oxygen atoms in total. The predicted molar refractivity (Wildman–Crippen MR) is 61.8 cm³/mol. The molecule has 1 rings (SSSR count). The molecule has 1 N–H and O–H groups in total. The second-order valence-corrected chi connectivity index (χ2v) is 2.98. The summed E-state index contributed by atoms with van der Waals surface area (Å²) in [5.74, 6) is 0.973. The summed E-state index contributed by atoms with van der Waals surface area (Å²) in [4.78, 5) is 0. The van der Waals surface area contributed by atoms with Gasteiger partial charge in [-0.05, 0) is 37.3 Å². The molecule has 74 valence electrons. The van der Waals surface area contributed by atoms with Crippen molar-refractivity contribution in [1.29, 1.82) is 0 Å². The lowest BCUT2D eigenvalue weighted by Gasteiger charge is -2.17. The van der Waals surface area contributed by atoms with Gasteiger partial charge in [0.05, 0.1) is 0 Å². The maximum atomic E-state index is 3.55. The monoisotopic (exact) mass is 189 g/mol. The Morgan fingerprint density at radius 3 is 1.83 bits per heavy atom. The Balaban J connectivity index is 0. The van der Waals surface area contributed by atoms with Crippen LogP contribution in [0.15, 0.2) is 12.0 Å². The third-order valence-corrected chi connectivity index (χ3v) is 1.63. The second kappa shape index (κ2) is 13.6. The first-order valence-corrected chi connectivity index (χ1v) is 5.28. The Hall–Kier alpha value is 0.0500. The molecule has 0 aromatic rings. The fourth-order valence-electron chi connectivity index (χ4n) is 0.966. The van der Waals surface area contributed by atoms with E-state index in [0.717, 1.165) is 5.92 Å². The average molecular weight is 189 g/mol. The van der Waals surface area contributed by atoms with Crippen LogP contribution >= 0.6 is 12.6 Å². The number of nitrogens with one attached hydrogen (secondary N) is 1. The zero-order chi connectivity index (χ0) is 9.82. The van der Waals surface area contributed by atoms with E-state index < -0.39 is 0 Å². The van der Waals surface area contributed by atoms with E-state index in [-0.39, 0.29) is 0 Å². The Bertz CT molecular complexity index is 77.9. The highest BCUT2D eigenvalue weighted by Gasteiger charge is 2.04. The topological polar surface area (TPSA) is 12.0 Å². The van der Waals surface area contributed by atoms with E-state index in [1.54, 1.807) is 0 Å². The molecule has 0 radical (unpaired) electrons. The van der Waals surface area contributed by atoms with Crippen molar-refractivity contribution in [2.24, 2.45) is 5.92 Å². The summed E-state index contributed by atoms with van der Waals surface area (Å²) < 4.78 is 0. The molecule has 0 bridgehead atoms. The van der Waals surface area contributed by atoms with Gasteiger partial charge in [0.25, 0.3) is 0 Å². The van der Waals surface area contributed by atoms with Crippen molar-refractivity contribution in [2.45, 2.75) is 33.6 Å². The van der Waals surface area contributed by atoms with Gasteiger partial charge < -0.3 is 5.32 Å². The highest BCUT2D eigenvalue weighted by atomic mass is 32.1. The van der Waals surface area contributed by atoms with Crippen molar-refractivity contribution in [3.63, 3.8) is 0 Å². The van der Waals surface area contributed by atoms with Gasteiger partial charge in [-0.2, -0.15) is 12.6 Å². The molecule has 0 aromatic carbocycles. The first-order valence-electron chi connectivity index (χ1n) is 4.77. The molecule has 1 fully saturated rings. The van der Waals surface area contributed by atoms with Crippen LogP contribution in [0.25, 0.3) is 0 Å². The lowest BCUT2D eigenvalue weighted by atomic mass is 10.0. The van der Waals surface area contributed by atoms with Gasteiger partial charge in [-0.1, -0.05) is 27.4 Å². The van der Waals surface area contributed by atoms with Gasteiger partial charge in [0.2, 0.25) is 0 Å². The first-order chi connectivity index (χ1) is 5.81. The summed E-state index contributed by atoms with van der Waals surface area (Å²) in [6.07, 6.45) is 2.75. The van der Waals surface area contributed by atoms with Crippen LogP contribution in [0, 0.1) is 5.92 Å². The van der Waals surface area contributed by atoms with E-state index in [1.807, 2.05) is 13.8 Å². The number of piperidine rings is 1. The first kappa shape index (κ1) is 14.6. The van der Waals surface area contributed by atoms with Crippen LogP contribution in [0.1, 0.15) is 33.6 Å². The van der Waals surface area contributed by atoms with E-state index in [2.05, 4.69) is 31.4 Å². The van der Waals surface area contributed by atoms with Crippen LogP contribution in [0.5, 0.6) is 0 Å². The molecule has 0 spiro atoms. The van der Waals surface area contributed by atoms with Gasteiger partial charge in [-0.25, -0.2) is 0 Å². The Morgan fingerprint density at radius 2 is 1.67 bits per heavy atom. The third kappa shape index (κ3) is 12.7. The Kier molecular flexibility index (Phi) is 16.5. The molecule has 0 unspecified atom stereocenters. The molecule has 12 heavy (non-hydrogen) atoms. The van der Waals surface area contributed by atoms with Crippen LogP contribution < -0.4 is 5.32 Å². The largest absolute Gasteiger partial charge is 0.317 e. The quantitative estimate of drug-likeness (QED) is 0.558. The molecule has 0 saturated carbocycles. The standard InChI is InChI=1S/C6H13N.C2H4S.C2H6/c1-6-2-4-7-5-3-6;1-2-3;1-2/h6-7H,2-5H2,1H3;2-3H,1H2;1-2H3. The minimum absolute atomic E-state index is 0.973. The van der Waals surface area contributed by atoms with E-state index in [9.17, 15) is 0 Å². The van der Waals surface area contributed by atoms with Gasteiger partial charge in [0.1, 0.15) is 0 Å². The molecule has 0 aromatic heterocycles. The summed E-state index contributed by atoms with van der Waals surface area (Å²) in [5.41, 5.74) is 0. The number of hydrogen-bond donors (Lipinski definition) is 2. The van der Waals surface area contributed by atoms with E-state index >= 15 is 0 Å². The van der Waals surface area contributed by atoms with E-state index in [0.29, 0.717) is 0 Å². The minimum atomic E-state index is 0.973. The smallest absolute Gasteiger partial charge is 0.00464 e. The van der Waals surface area contributed by atoms with Crippen LogP contribution in [-0.4, -0.2) is 13.1 Å². The van der Waals surface area contributed by atoms with Crippen molar-refractivity contribution < 1.29 is 0 Å². The SMILES string of the molecule is C=CS.CC.CC1CCNCC1. The number of thiol groups is 1. The van der Waals surface area contributed by atoms with Crippen molar-refractivity contribution >= 4 is 12.6 Å². The van der Waals surface area contributed by atoms with Gasteiger partial charge >= 0.3 is 0 Å². The molecule has 2 heteroatoms. The molecule has 1 saturated heterocycles. The van der Waals surface area contributed by atoms with E-state index in [4.69, 9.17) is 0 Å². The summed E-state index contributed by atoms with van der Waals surface area (Å²) in [6.45, 7) is 12.0. The second-order valence-electron chi connectivity index (χ2n) is 2.62. The molecule has 1 aliphatic heterocycles.